The smallest absolute Gasteiger partial charge is 0.142 e. The van der Waals surface area contributed by atoms with Gasteiger partial charge in [-0.15, -0.1) is 0 Å². The van der Waals surface area contributed by atoms with Gasteiger partial charge in [0.2, 0.25) is 0 Å². The van der Waals surface area contributed by atoms with Gasteiger partial charge >= 0.3 is 0 Å². The van der Waals surface area contributed by atoms with Gasteiger partial charge in [0.1, 0.15) is 5.75 Å². The molecule has 0 bridgehead atoms. The Bertz CT molecular complexity index is 720. The van der Waals surface area contributed by atoms with Gasteiger partial charge in [-0.25, -0.2) is 0 Å². The van der Waals surface area contributed by atoms with E-state index in [1.807, 2.05) is 36.4 Å². The SMILES string of the molecule is COc1ccccc1Nc1cc2[nH]ncc2cc1N. The number of nitrogens with one attached hydrogen (secondary N) is 2. The predicted molar refractivity (Wildman–Crippen MR) is 76.8 cm³/mol. The third kappa shape index (κ3) is 2.06. The van der Waals surface area contributed by atoms with Crippen LogP contribution in [0.2, 0.25) is 0 Å². The zero-order valence-corrected chi connectivity index (χ0v) is 10.5. The maximum absolute atomic E-state index is 6.04. The Hall–Kier alpha value is -2.69. The van der Waals surface area contributed by atoms with Crippen LogP contribution in [0.15, 0.2) is 42.6 Å². The van der Waals surface area contributed by atoms with E-state index in [0.717, 1.165) is 28.0 Å². The third-order valence-electron chi connectivity index (χ3n) is 2.99. The second-order valence-electron chi connectivity index (χ2n) is 4.22. The minimum absolute atomic E-state index is 0.666. The van der Waals surface area contributed by atoms with Gasteiger partial charge < -0.3 is 15.8 Å². The fourth-order valence-electron chi connectivity index (χ4n) is 2.01. The average Bonchev–Trinajstić information content (AvgIpc) is 2.87. The summed E-state index contributed by atoms with van der Waals surface area (Å²) in [5, 5.41) is 11.2. The van der Waals surface area contributed by atoms with Crippen LogP contribution in [0.5, 0.6) is 5.75 Å². The van der Waals surface area contributed by atoms with Crippen molar-refractivity contribution < 1.29 is 4.74 Å². The first-order valence-electron chi connectivity index (χ1n) is 5.90. The molecule has 0 saturated carbocycles. The summed E-state index contributed by atoms with van der Waals surface area (Å²) in [5.74, 6) is 0.770. The second kappa shape index (κ2) is 4.53. The minimum atomic E-state index is 0.666. The van der Waals surface area contributed by atoms with Crippen LogP contribution in [0.1, 0.15) is 0 Å². The molecular formula is C14H14N4O. The van der Waals surface area contributed by atoms with E-state index >= 15 is 0 Å². The molecular weight excluding hydrogens is 240 g/mol. The van der Waals surface area contributed by atoms with E-state index in [2.05, 4.69) is 15.5 Å². The number of H-pyrrole nitrogens is 1. The van der Waals surface area contributed by atoms with Crippen LogP contribution < -0.4 is 15.8 Å². The second-order valence-corrected chi connectivity index (χ2v) is 4.22. The number of rotatable bonds is 3. The monoisotopic (exact) mass is 254 g/mol. The summed E-state index contributed by atoms with van der Waals surface area (Å²) >= 11 is 0. The van der Waals surface area contributed by atoms with E-state index in [1.165, 1.54) is 0 Å². The normalized spacial score (nSPS) is 10.6. The summed E-state index contributed by atoms with van der Waals surface area (Å²) in [6.45, 7) is 0. The number of para-hydroxylation sites is 2. The Morgan fingerprint density at radius 2 is 2.05 bits per heavy atom. The highest BCUT2D eigenvalue weighted by molar-refractivity contribution is 5.90. The average molecular weight is 254 g/mol. The van der Waals surface area contributed by atoms with Crippen LogP contribution in [0, 0.1) is 0 Å². The Balaban J connectivity index is 2.02. The molecule has 1 heterocycles. The highest BCUT2D eigenvalue weighted by Crippen LogP contribution is 2.31. The van der Waals surface area contributed by atoms with Crippen LogP contribution in [0.4, 0.5) is 17.1 Å². The molecule has 0 atom stereocenters. The van der Waals surface area contributed by atoms with E-state index in [4.69, 9.17) is 10.5 Å². The summed E-state index contributed by atoms with van der Waals surface area (Å²) < 4.78 is 5.31. The van der Waals surface area contributed by atoms with Crippen LogP contribution >= 0.6 is 0 Å². The van der Waals surface area contributed by atoms with Crippen molar-refractivity contribution >= 4 is 28.0 Å². The number of hydrogen-bond donors (Lipinski definition) is 3. The number of methoxy groups -OCH3 is 1. The molecule has 19 heavy (non-hydrogen) atoms. The molecule has 0 spiro atoms. The van der Waals surface area contributed by atoms with Crippen LogP contribution in [0.25, 0.3) is 10.9 Å². The van der Waals surface area contributed by atoms with Crippen molar-refractivity contribution in [3.63, 3.8) is 0 Å². The summed E-state index contributed by atoms with van der Waals surface area (Å²) in [5.41, 5.74) is 9.33. The van der Waals surface area contributed by atoms with Crippen LogP contribution in [-0.4, -0.2) is 17.3 Å². The number of nitrogen functional groups attached to an aromatic ring is 1. The van der Waals surface area contributed by atoms with E-state index in [1.54, 1.807) is 13.3 Å². The molecule has 0 radical (unpaired) electrons. The minimum Gasteiger partial charge on any atom is -0.495 e. The Labute approximate surface area is 110 Å². The van der Waals surface area contributed by atoms with Crippen LogP contribution in [0.3, 0.4) is 0 Å². The molecule has 0 saturated heterocycles. The molecule has 1 aromatic heterocycles. The molecule has 5 nitrogen and oxygen atoms in total. The largest absolute Gasteiger partial charge is 0.495 e. The molecule has 4 N–H and O–H groups in total. The van der Waals surface area contributed by atoms with Crippen molar-refractivity contribution in [1.29, 1.82) is 0 Å². The van der Waals surface area contributed by atoms with Crippen molar-refractivity contribution in [3.05, 3.63) is 42.6 Å². The molecule has 96 valence electrons. The Kier molecular flexibility index (Phi) is 2.72. The number of ether oxygens (including phenoxy) is 1. The standard InChI is InChI=1S/C14H14N4O/c1-19-14-5-3-2-4-11(14)17-13-7-12-9(6-10(13)15)8-16-18-12/h2-8,17H,15H2,1H3,(H,16,18). The number of aromatic amines is 1. The summed E-state index contributed by atoms with van der Waals surface area (Å²) in [7, 11) is 1.64. The van der Waals surface area contributed by atoms with Gasteiger partial charge in [-0.3, -0.25) is 5.10 Å². The topological polar surface area (TPSA) is 76.0 Å². The first-order chi connectivity index (χ1) is 9.28. The molecule has 0 aliphatic heterocycles. The Morgan fingerprint density at radius 1 is 1.21 bits per heavy atom. The lowest BCUT2D eigenvalue weighted by Crippen LogP contribution is -1.98. The van der Waals surface area contributed by atoms with Crippen molar-refractivity contribution in [2.45, 2.75) is 0 Å². The number of nitrogens with two attached hydrogens (primary N) is 1. The van der Waals surface area contributed by atoms with E-state index in [-0.39, 0.29) is 0 Å². The summed E-state index contributed by atoms with van der Waals surface area (Å²) in [6.07, 6.45) is 1.75. The number of anilines is 3. The van der Waals surface area contributed by atoms with Gasteiger partial charge in [-0.1, -0.05) is 12.1 Å². The molecule has 0 unspecified atom stereocenters. The van der Waals surface area contributed by atoms with E-state index in [9.17, 15) is 0 Å². The lowest BCUT2D eigenvalue weighted by atomic mass is 10.2. The van der Waals surface area contributed by atoms with Gasteiger partial charge in [0.25, 0.3) is 0 Å². The predicted octanol–water partition coefficient (Wildman–Crippen LogP) is 2.90. The van der Waals surface area contributed by atoms with Crippen molar-refractivity contribution in [3.8, 4) is 5.75 Å². The molecule has 0 amide bonds. The molecule has 0 fully saturated rings. The number of benzene rings is 2. The van der Waals surface area contributed by atoms with Crippen molar-refractivity contribution in [2.24, 2.45) is 0 Å². The highest BCUT2D eigenvalue weighted by Gasteiger charge is 2.07. The number of fused-ring (bicyclic) bond motifs is 1. The van der Waals surface area contributed by atoms with Gasteiger partial charge in [0, 0.05) is 5.39 Å². The summed E-state index contributed by atoms with van der Waals surface area (Å²) in [6, 6.07) is 11.5. The van der Waals surface area contributed by atoms with Gasteiger partial charge in [0.05, 0.1) is 35.9 Å². The fourth-order valence-corrected chi connectivity index (χ4v) is 2.01. The third-order valence-corrected chi connectivity index (χ3v) is 2.99. The zero-order valence-electron chi connectivity index (χ0n) is 10.5. The molecule has 5 heteroatoms. The number of nitrogens with zero attached hydrogens (tertiary/aromatic N) is 1. The van der Waals surface area contributed by atoms with Gasteiger partial charge in [-0.2, -0.15) is 5.10 Å². The van der Waals surface area contributed by atoms with E-state index in [0.29, 0.717) is 5.69 Å². The quantitative estimate of drug-likeness (QED) is 0.628. The highest BCUT2D eigenvalue weighted by atomic mass is 16.5. The molecule has 3 aromatic rings. The lowest BCUT2D eigenvalue weighted by Gasteiger charge is -2.12. The van der Waals surface area contributed by atoms with Crippen molar-refractivity contribution in [2.75, 3.05) is 18.2 Å². The maximum atomic E-state index is 6.04. The molecule has 0 aliphatic carbocycles. The summed E-state index contributed by atoms with van der Waals surface area (Å²) in [4.78, 5) is 0. The fraction of sp³-hybridized carbons (Fsp3) is 0.0714. The number of hydrogen-bond acceptors (Lipinski definition) is 4. The molecule has 3 rings (SSSR count). The zero-order chi connectivity index (χ0) is 13.2. The maximum Gasteiger partial charge on any atom is 0.142 e. The lowest BCUT2D eigenvalue weighted by molar-refractivity contribution is 0.417. The molecule has 2 aromatic carbocycles. The van der Waals surface area contributed by atoms with E-state index < -0.39 is 0 Å². The van der Waals surface area contributed by atoms with Gasteiger partial charge in [-0.05, 0) is 24.3 Å². The Morgan fingerprint density at radius 3 is 2.89 bits per heavy atom. The number of aromatic nitrogens is 2. The van der Waals surface area contributed by atoms with Crippen LogP contribution in [-0.2, 0) is 0 Å². The molecule has 0 aliphatic rings. The van der Waals surface area contributed by atoms with Crippen molar-refractivity contribution in [1.82, 2.24) is 10.2 Å². The first-order valence-corrected chi connectivity index (χ1v) is 5.90. The first kappa shape index (κ1) is 11.4. The van der Waals surface area contributed by atoms with Gasteiger partial charge in [0.15, 0.2) is 0 Å².